The fourth-order valence-electron chi connectivity index (χ4n) is 1.84. The maximum atomic E-state index is 11.7. The Labute approximate surface area is 110 Å². The molecule has 17 heavy (non-hydrogen) atoms. The number of anilines is 1. The van der Waals surface area contributed by atoms with Crippen LogP contribution in [0.1, 0.15) is 5.56 Å². The van der Waals surface area contributed by atoms with Gasteiger partial charge >= 0.3 is 0 Å². The minimum atomic E-state index is -3.12. The summed E-state index contributed by atoms with van der Waals surface area (Å²) >= 11 is 3.29. The smallest absolute Gasteiger partial charge is 0.235 e. The van der Waals surface area contributed by atoms with Crippen LogP contribution < -0.4 is 9.04 Å². The zero-order chi connectivity index (χ0) is 12.5. The minimum absolute atomic E-state index is 0.165. The average molecular weight is 320 g/mol. The standard InChI is InChI=1S/C11H14BrNO3S/c1-13-11-3-2-10(16-6-5-12)8-9(11)4-7-17(13,14)15/h2-3,8H,4-7H2,1H3. The summed E-state index contributed by atoms with van der Waals surface area (Å²) in [6, 6.07) is 5.53. The number of nitrogens with zero attached hydrogens (tertiary/aromatic N) is 1. The number of sulfonamides is 1. The van der Waals surface area contributed by atoms with E-state index in [2.05, 4.69) is 15.9 Å². The summed E-state index contributed by atoms with van der Waals surface area (Å²) in [6.45, 7) is 0.604. The minimum Gasteiger partial charge on any atom is -0.493 e. The Morgan fingerprint density at radius 1 is 1.47 bits per heavy atom. The van der Waals surface area contributed by atoms with E-state index in [-0.39, 0.29) is 5.75 Å². The molecule has 0 saturated heterocycles. The van der Waals surface area contributed by atoms with Crippen LogP contribution in [0.25, 0.3) is 0 Å². The van der Waals surface area contributed by atoms with E-state index in [0.29, 0.717) is 13.0 Å². The Hall–Kier alpha value is -0.750. The first-order chi connectivity index (χ1) is 8.04. The van der Waals surface area contributed by atoms with Crippen LogP contribution in [-0.4, -0.2) is 33.2 Å². The number of hydrogen-bond donors (Lipinski definition) is 0. The normalized spacial score (nSPS) is 17.6. The number of aryl methyl sites for hydroxylation is 1. The second-order valence-electron chi connectivity index (χ2n) is 3.86. The SMILES string of the molecule is CN1c2ccc(OCCBr)cc2CCS1(=O)=O. The highest BCUT2D eigenvalue weighted by molar-refractivity contribution is 9.09. The van der Waals surface area contributed by atoms with Crippen LogP contribution in [-0.2, 0) is 16.4 Å². The van der Waals surface area contributed by atoms with Gasteiger partial charge in [0.15, 0.2) is 0 Å². The van der Waals surface area contributed by atoms with Crippen LogP contribution in [0.3, 0.4) is 0 Å². The van der Waals surface area contributed by atoms with Gasteiger partial charge in [0.2, 0.25) is 10.0 Å². The number of ether oxygens (including phenoxy) is 1. The molecule has 0 bridgehead atoms. The van der Waals surface area contributed by atoms with Gasteiger partial charge in [0.1, 0.15) is 5.75 Å². The molecule has 0 aliphatic carbocycles. The van der Waals surface area contributed by atoms with E-state index in [1.165, 1.54) is 4.31 Å². The van der Waals surface area contributed by atoms with Gasteiger partial charge in [-0.05, 0) is 30.2 Å². The summed E-state index contributed by atoms with van der Waals surface area (Å²) in [6.07, 6.45) is 0.549. The van der Waals surface area contributed by atoms with Crippen LogP contribution >= 0.6 is 15.9 Å². The Kier molecular flexibility index (Phi) is 3.63. The lowest BCUT2D eigenvalue weighted by atomic mass is 10.1. The van der Waals surface area contributed by atoms with Crippen molar-refractivity contribution in [1.82, 2.24) is 0 Å². The summed E-state index contributed by atoms with van der Waals surface area (Å²) in [4.78, 5) is 0. The van der Waals surface area contributed by atoms with Crippen molar-refractivity contribution in [2.75, 3.05) is 29.0 Å². The molecule has 4 nitrogen and oxygen atoms in total. The van der Waals surface area contributed by atoms with Gasteiger partial charge in [0.25, 0.3) is 0 Å². The van der Waals surface area contributed by atoms with E-state index in [9.17, 15) is 8.42 Å². The summed E-state index contributed by atoms with van der Waals surface area (Å²) in [7, 11) is -1.53. The topological polar surface area (TPSA) is 46.6 Å². The van der Waals surface area contributed by atoms with E-state index in [4.69, 9.17) is 4.74 Å². The maximum Gasteiger partial charge on any atom is 0.235 e. The largest absolute Gasteiger partial charge is 0.493 e. The van der Waals surface area contributed by atoms with Crippen molar-refractivity contribution in [2.45, 2.75) is 6.42 Å². The predicted octanol–water partition coefficient (Wildman–Crippen LogP) is 1.78. The van der Waals surface area contributed by atoms with Gasteiger partial charge in [-0.1, -0.05) is 15.9 Å². The molecule has 1 aliphatic heterocycles. The summed E-state index contributed by atoms with van der Waals surface area (Å²) in [5.74, 6) is 0.953. The highest BCUT2D eigenvalue weighted by Crippen LogP contribution is 2.31. The van der Waals surface area contributed by atoms with Crippen molar-refractivity contribution in [1.29, 1.82) is 0 Å². The molecule has 1 aliphatic rings. The zero-order valence-electron chi connectivity index (χ0n) is 9.52. The molecule has 0 aromatic heterocycles. The van der Waals surface area contributed by atoms with E-state index < -0.39 is 10.0 Å². The van der Waals surface area contributed by atoms with Crippen LogP contribution in [0.15, 0.2) is 18.2 Å². The number of hydrogen-bond acceptors (Lipinski definition) is 3. The molecule has 94 valence electrons. The third kappa shape index (κ3) is 2.57. The van der Waals surface area contributed by atoms with Crippen LogP contribution in [0.2, 0.25) is 0 Å². The first kappa shape index (κ1) is 12.7. The van der Waals surface area contributed by atoms with Gasteiger partial charge < -0.3 is 4.74 Å². The third-order valence-corrected chi connectivity index (χ3v) is 4.86. The molecule has 0 spiro atoms. The van der Waals surface area contributed by atoms with Gasteiger partial charge in [-0.25, -0.2) is 8.42 Å². The first-order valence-electron chi connectivity index (χ1n) is 5.33. The number of benzene rings is 1. The maximum absolute atomic E-state index is 11.7. The number of fused-ring (bicyclic) bond motifs is 1. The van der Waals surface area contributed by atoms with Gasteiger partial charge in [0.05, 0.1) is 18.0 Å². The molecule has 1 heterocycles. The Balaban J connectivity index is 2.30. The second-order valence-corrected chi connectivity index (χ2v) is 6.77. The predicted molar refractivity (Wildman–Crippen MR) is 71.6 cm³/mol. The Bertz CT molecular complexity index is 515. The molecule has 0 fully saturated rings. The van der Waals surface area contributed by atoms with E-state index >= 15 is 0 Å². The molecule has 0 radical (unpaired) electrons. The molecule has 0 unspecified atom stereocenters. The highest BCUT2D eigenvalue weighted by atomic mass is 79.9. The molecule has 0 N–H and O–H groups in total. The molecule has 2 rings (SSSR count). The molecule has 0 saturated carbocycles. The number of rotatable bonds is 3. The van der Waals surface area contributed by atoms with Crippen molar-refractivity contribution in [2.24, 2.45) is 0 Å². The van der Waals surface area contributed by atoms with Gasteiger partial charge in [-0.2, -0.15) is 0 Å². The molecular weight excluding hydrogens is 306 g/mol. The van der Waals surface area contributed by atoms with Crippen molar-refractivity contribution in [3.05, 3.63) is 23.8 Å². The summed E-state index contributed by atoms with van der Waals surface area (Å²) in [5, 5.41) is 0.776. The highest BCUT2D eigenvalue weighted by Gasteiger charge is 2.26. The quantitative estimate of drug-likeness (QED) is 0.798. The van der Waals surface area contributed by atoms with E-state index in [1.807, 2.05) is 6.07 Å². The monoisotopic (exact) mass is 319 g/mol. The summed E-state index contributed by atoms with van der Waals surface area (Å²) < 4.78 is 30.2. The number of halogens is 1. The number of alkyl halides is 1. The van der Waals surface area contributed by atoms with Gasteiger partial charge in [-0.15, -0.1) is 0 Å². The molecule has 1 aromatic rings. The van der Waals surface area contributed by atoms with Gasteiger partial charge in [0, 0.05) is 12.4 Å². The molecule has 0 amide bonds. The van der Waals surface area contributed by atoms with Crippen LogP contribution in [0.4, 0.5) is 5.69 Å². The first-order valence-corrected chi connectivity index (χ1v) is 8.06. The lowest BCUT2D eigenvalue weighted by molar-refractivity contribution is 0.345. The van der Waals surface area contributed by atoms with Crippen molar-refractivity contribution < 1.29 is 13.2 Å². The van der Waals surface area contributed by atoms with E-state index in [1.54, 1.807) is 19.2 Å². The lowest BCUT2D eigenvalue weighted by Gasteiger charge is -2.27. The second kappa shape index (κ2) is 4.86. The van der Waals surface area contributed by atoms with Gasteiger partial charge in [-0.3, -0.25) is 4.31 Å². The van der Waals surface area contributed by atoms with Crippen molar-refractivity contribution in [3.63, 3.8) is 0 Å². The molecule has 0 atom stereocenters. The van der Waals surface area contributed by atoms with Crippen molar-refractivity contribution >= 4 is 31.6 Å². The van der Waals surface area contributed by atoms with Crippen LogP contribution in [0, 0.1) is 0 Å². The average Bonchev–Trinajstić information content (AvgIpc) is 2.32. The fourth-order valence-corrected chi connectivity index (χ4v) is 3.23. The molecule has 6 heteroatoms. The fraction of sp³-hybridized carbons (Fsp3) is 0.455. The molecule has 1 aromatic carbocycles. The zero-order valence-corrected chi connectivity index (χ0v) is 11.9. The third-order valence-electron chi connectivity index (χ3n) is 2.78. The molecular formula is C11H14BrNO3S. The Morgan fingerprint density at radius 3 is 2.94 bits per heavy atom. The van der Waals surface area contributed by atoms with Crippen LogP contribution in [0.5, 0.6) is 5.75 Å². The Morgan fingerprint density at radius 2 is 2.24 bits per heavy atom. The lowest BCUT2D eigenvalue weighted by Crippen LogP contribution is -2.34. The van der Waals surface area contributed by atoms with Crippen molar-refractivity contribution in [3.8, 4) is 5.75 Å². The summed E-state index contributed by atoms with van der Waals surface area (Å²) in [5.41, 5.74) is 1.77. The van der Waals surface area contributed by atoms with E-state index in [0.717, 1.165) is 22.3 Å².